The van der Waals surface area contributed by atoms with Gasteiger partial charge in [0.1, 0.15) is 11.3 Å². The van der Waals surface area contributed by atoms with Crippen molar-refractivity contribution in [3.8, 4) is 17.3 Å². The normalized spacial score (nSPS) is 12.3. The van der Waals surface area contributed by atoms with E-state index < -0.39 is 12.1 Å². The van der Waals surface area contributed by atoms with Crippen LogP contribution in [0.2, 0.25) is 5.02 Å². The smallest absolute Gasteiger partial charge is 0.347 e. The molecule has 5 rings (SSSR count). The Labute approximate surface area is 216 Å². The maximum atomic E-state index is 13.4. The number of ether oxygens (including phenoxy) is 2. The largest absolute Gasteiger partial charge is 0.479 e. The van der Waals surface area contributed by atoms with E-state index in [2.05, 4.69) is 10.1 Å². The molecule has 0 unspecified atom stereocenters. The van der Waals surface area contributed by atoms with Gasteiger partial charge in [-0.05, 0) is 80.1 Å². The van der Waals surface area contributed by atoms with Crippen LogP contribution in [0, 0.1) is 0 Å². The summed E-state index contributed by atoms with van der Waals surface area (Å²) in [6.07, 6.45) is 0.808. The number of hydrogen-bond donors (Lipinski definition) is 0. The molecule has 3 aromatic carbocycles. The van der Waals surface area contributed by atoms with Gasteiger partial charge in [-0.3, -0.25) is 4.79 Å². The molecule has 2 aromatic heterocycles. The predicted octanol–water partition coefficient (Wildman–Crippen LogP) is 5.68. The Hall–Kier alpha value is -4.43. The number of furan rings is 1. The average molecular weight is 516 g/mol. The second-order valence-electron chi connectivity index (χ2n) is 8.19. The molecule has 186 valence electrons. The quantitative estimate of drug-likeness (QED) is 0.204. The molecule has 0 saturated carbocycles. The van der Waals surface area contributed by atoms with E-state index in [4.69, 9.17) is 25.5 Å². The molecule has 0 radical (unpaired) electrons. The van der Waals surface area contributed by atoms with Crippen molar-refractivity contribution < 1.29 is 18.7 Å². The number of nitrogens with zero attached hydrogens (tertiary/aromatic N) is 3. The zero-order valence-electron chi connectivity index (χ0n) is 20.1. The Morgan fingerprint density at radius 1 is 1.14 bits per heavy atom. The van der Waals surface area contributed by atoms with E-state index in [1.165, 1.54) is 4.68 Å². The highest BCUT2D eigenvalue weighted by atomic mass is 35.5. The second kappa shape index (κ2) is 10.3. The lowest BCUT2D eigenvalue weighted by Crippen LogP contribution is -2.26. The average Bonchev–Trinajstić information content (AvgIpc) is 3.32. The Morgan fingerprint density at radius 2 is 1.92 bits per heavy atom. The first-order valence-electron chi connectivity index (χ1n) is 11.6. The van der Waals surface area contributed by atoms with E-state index in [0.29, 0.717) is 38.6 Å². The predicted molar refractivity (Wildman–Crippen MR) is 142 cm³/mol. The van der Waals surface area contributed by atoms with Gasteiger partial charge in [0.25, 0.3) is 5.56 Å². The zero-order chi connectivity index (χ0) is 25.9. The molecule has 0 aliphatic heterocycles. The van der Waals surface area contributed by atoms with Gasteiger partial charge < -0.3 is 13.9 Å². The van der Waals surface area contributed by atoms with Gasteiger partial charge in [0, 0.05) is 10.4 Å². The molecular formula is C28H22ClN3O5. The summed E-state index contributed by atoms with van der Waals surface area (Å²) in [6.45, 7) is 3.65. The fraction of sp³-hybridized carbons (Fsp3) is 0.143. The lowest BCUT2D eigenvalue weighted by molar-refractivity contribution is -0.150. The first kappa shape index (κ1) is 24.3. The van der Waals surface area contributed by atoms with Gasteiger partial charge in [-0.15, -0.1) is 0 Å². The molecule has 0 aliphatic rings. The molecule has 0 bridgehead atoms. The molecule has 1 atom stereocenters. The number of carbonyl (C=O) groups excluding carboxylic acids is 1. The SMILES string of the molecule is CCOC(=O)[C@H](C)Oc1ccc(C=Nn2c(-c3cc4cc(Cl)ccc4o3)nc3ccccc3c2=O)cc1. The number of carbonyl (C=O) groups is 1. The Bertz CT molecular complexity index is 1690. The molecule has 0 amide bonds. The molecule has 37 heavy (non-hydrogen) atoms. The molecular weight excluding hydrogens is 494 g/mol. The van der Waals surface area contributed by atoms with Gasteiger partial charge in [-0.25, -0.2) is 9.78 Å². The maximum absolute atomic E-state index is 13.4. The lowest BCUT2D eigenvalue weighted by Gasteiger charge is -2.13. The Morgan fingerprint density at radius 3 is 2.70 bits per heavy atom. The summed E-state index contributed by atoms with van der Waals surface area (Å²) < 4.78 is 17.8. The van der Waals surface area contributed by atoms with Crippen LogP contribution in [-0.2, 0) is 9.53 Å². The first-order valence-corrected chi connectivity index (χ1v) is 12.0. The van der Waals surface area contributed by atoms with Crippen molar-refractivity contribution in [2.24, 2.45) is 5.10 Å². The van der Waals surface area contributed by atoms with Gasteiger partial charge >= 0.3 is 5.97 Å². The van der Waals surface area contributed by atoms with Crippen molar-refractivity contribution in [2.45, 2.75) is 20.0 Å². The molecule has 0 spiro atoms. The third-order valence-electron chi connectivity index (χ3n) is 5.59. The summed E-state index contributed by atoms with van der Waals surface area (Å²) in [7, 11) is 0. The van der Waals surface area contributed by atoms with E-state index >= 15 is 0 Å². The van der Waals surface area contributed by atoms with Crippen LogP contribution in [0.15, 0.2) is 87.1 Å². The third-order valence-corrected chi connectivity index (χ3v) is 5.82. The standard InChI is InChI=1S/C28H22ClN3O5/c1-3-35-28(34)17(2)36-21-11-8-18(9-12-21)16-30-32-26(31-23-7-5-4-6-22(23)27(32)33)25-15-19-14-20(29)10-13-24(19)37-25/h4-17H,3H2,1-2H3/t17-/m0/s1. The molecule has 0 aliphatic carbocycles. The first-order chi connectivity index (χ1) is 17.9. The zero-order valence-corrected chi connectivity index (χ0v) is 20.8. The summed E-state index contributed by atoms with van der Waals surface area (Å²) in [6, 6.07) is 21.1. The number of esters is 1. The Kier molecular flexibility index (Phi) is 6.74. The van der Waals surface area contributed by atoms with Crippen molar-refractivity contribution >= 4 is 45.7 Å². The second-order valence-corrected chi connectivity index (χ2v) is 8.62. The van der Waals surface area contributed by atoms with E-state index in [1.54, 1.807) is 86.8 Å². The summed E-state index contributed by atoms with van der Waals surface area (Å²) in [5.41, 5.74) is 1.52. The van der Waals surface area contributed by atoms with Crippen LogP contribution < -0.4 is 10.3 Å². The highest BCUT2D eigenvalue weighted by Crippen LogP contribution is 2.29. The van der Waals surface area contributed by atoms with E-state index in [-0.39, 0.29) is 18.0 Å². The van der Waals surface area contributed by atoms with Gasteiger partial charge in [0.2, 0.25) is 5.82 Å². The number of halogens is 1. The van der Waals surface area contributed by atoms with Gasteiger partial charge in [-0.2, -0.15) is 9.78 Å². The van der Waals surface area contributed by atoms with Crippen molar-refractivity contribution in [1.29, 1.82) is 0 Å². The topological polar surface area (TPSA) is 95.9 Å². The van der Waals surface area contributed by atoms with Crippen LogP contribution in [0.25, 0.3) is 33.5 Å². The third kappa shape index (κ3) is 5.10. The minimum Gasteiger partial charge on any atom is -0.479 e. The maximum Gasteiger partial charge on any atom is 0.347 e. The van der Waals surface area contributed by atoms with E-state index in [1.807, 2.05) is 6.07 Å². The summed E-state index contributed by atoms with van der Waals surface area (Å²) >= 11 is 6.13. The summed E-state index contributed by atoms with van der Waals surface area (Å²) in [5.74, 6) is 0.713. The fourth-order valence-electron chi connectivity index (χ4n) is 3.78. The lowest BCUT2D eigenvalue weighted by atomic mass is 10.2. The van der Waals surface area contributed by atoms with Gasteiger partial charge in [0.05, 0.1) is 23.7 Å². The van der Waals surface area contributed by atoms with Crippen LogP contribution >= 0.6 is 11.6 Å². The molecule has 0 N–H and O–H groups in total. The number of para-hydroxylation sites is 1. The van der Waals surface area contributed by atoms with Gasteiger partial charge in [-0.1, -0.05) is 23.7 Å². The highest BCUT2D eigenvalue weighted by molar-refractivity contribution is 6.31. The van der Waals surface area contributed by atoms with Gasteiger partial charge in [0.15, 0.2) is 11.9 Å². The minimum atomic E-state index is -0.733. The molecule has 8 nitrogen and oxygen atoms in total. The summed E-state index contributed by atoms with van der Waals surface area (Å²) in [4.78, 5) is 29.9. The molecule has 0 saturated heterocycles. The Balaban J connectivity index is 1.50. The van der Waals surface area contributed by atoms with E-state index in [9.17, 15) is 9.59 Å². The summed E-state index contributed by atoms with van der Waals surface area (Å²) in [5, 5.41) is 6.24. The number of benzene rings is 3. The number of hydrogen-bond acceptors (Lipinski definition) is 7. The molecule has 2 heterocycles. The number of fused-ring (bicyclic) bond motifs is 2. The van der Waals surface area contributed by atoms with Crippen molar-refractivity contribution in [3.05, 3.63) is 93.7 Å². The van der Waals surface area contributed by atoms with Crippen LogP contribution in [0.1, 0.15) is 19.4 Å². The van der Waals surface area contributed by atoms with Crippen LogP contribution in [-0.4, -0.2) is 34.6 Å². The number of rotatable bonds is 7. The van der Waals surface area contributed by atoms with Crippen molar-refractivity contribution in [1.82, 2.24) is 9.66 Å². The fourth-order valence-corrected chi connectivity index (χ4v) is 3.96. The molecule has 9 heteroatoms. The monoisotopic (exact) mass is 515 g/mol. The van der Waals surface area contributed by atoms with E-state index in [0.717, 1.165) is 5.39 Å². The van der Waals surface area contributed by atoms with Crippen LogP contribution in [0.4, 0.5) is 0 Å². The van der Waals surface area contributed by atoms with Crippen LogP contribution in [0.5, 0.6) is 5.75 Å². The highest BCUT2D eigenvalue weighted by Gasteiger charge is 2.17. The molecule has 0 fully saturated rings. The van der Waals surface area contributed by atoms with Crippen molar-refractivity contribution in [2.75, 3.05) is 6.61 Å². The van der Waals surface area contributed by atoms with Crippen LogP contribution in [0.3, 0.4) is 0 Å². The van der Waals surface area contributed by atoms with Crippen molar-refractivity contribution in [3.63, 3.8) is 0 Å². The minimum absolute atomic E-state index is 0.260. The number of aromatic nitrogens is 2. The molecule has 5 aromatic rings.